The van der Waals surface area contributed by atoms with E-state index < -0.39 is 44.2 Å². The highest BCUT2D eigenvalue weighted by molar-refractivity contribution is 7.44. The molecule has 5 atom stereocenters. The van der Waals surface area contributed by atoms with Crippen LogP contribution in [0.1, 0.15) is 64.5 Å². The first-order chi connectivity index (χ1) is 29.9. The van der Waals surface area contributed by atoms with Gasteiger partial charge in [-0.3, -0.25) is 24.5 Å². The second kappa shape index (κ2) is 21.1. The molecule has 1 fully saturated rings. The molecule has 3 aromatic carbocycles. The molecule has 2 aromatic heterocycles. The van der Waals surface area contributed by atoms with E-state index in [0.29, 0.717) is 11.5 Å². The highest BCUT2D eigenvalue weighted by Gasteiger charge is 2.51. The summed E-state index contributed by atoms with van der Waals surface area (Å²) < 4.78 is 54.7. The van der Waals surface area contributed by atoms with Gasteiger partial charge in [0.05, 0.1) is 40.4 Å². The molecule has 2 N–H and O–H groups in total. The zero-order valence-corrected chi connectivity index (χ0v) is 38.0. The molecule has 62 heavy (non-hydrogen) atoms. The van der Waals surface area contributed by atoms with Gasteiger partial charge >= 0.3 is 0 Å². The number of carbonyl (C=O) groups is 1. The highest BCUT2D eigenvalue weighted by Crippen LogP contribution is 2.51. The van der Waals surface area contributed by atoms with Crippen LogP contribution in [0.2, 0.25) is 0 Å². The summed E-state index contributed by atoms with van der Waals surface area (Å²) >= 11 is 0. The van der Waals surface area contributed by atoms with E-state index in [1.165, 1.54) is 6.33 Å². The molecule has 0 aliphatic carbocycles. The zero-order chi connectivity index (χ0) is 44.6. The number of benzene rings is 3. The predicted octanol–water partition coefficient (Wildman–Crippen LogP) is 7.05. The molecular formula is C45H59N6O10P. The number of carbonyl (C=O) groups excluding carboxylic acids is 1. The van der Waals surface area contributed by atoms with Gasteiger partial charge in [-0.2, -0.15) is 4.98 Å². The number of aromatic amines is 1. The second-order valence-corrected chi connectivity index (χ2v) is 17.2. The molecule has 5 aromatic rings. The van der Waals surface area contributed by atoms with Gasteiger partial charge < -0.3 is 37.5 Å². The third-order valence-electron chi connectivity index (χ3n) is 10.6. The van der Waals surface area contributed by atoms with Crippen molar-refractivity contribution in [1.82, 2.24) is 24.2 Å². The van der Waals surface area contributed by atoms with E-state index in [1.807, 2.05) is 78.9 Å². The van der Waals surface area contributed by atoms with E-state index in [-0.39, 0.29) is 60.8 Å². The Morgan fingerprint density at radius 2 is 1.45 bits per heavy atom. The summed E-state index contributed by atoms with van der Waals surface area (Å²) in [6, 6.07) is 25.7. The van der Waals surface area contributed by atoms with Crippen LogP contribution in [0.15, 0.2) is 90.0 Å². The van der Waals surface area contributed by atoms with E-state index in [0.717, 1.165) is 16.7 Å². The molecule has 0 bridgehead atoms. The average molecular weight is 875 g/mol. The average Bonchev–Trinajstić information content (AvgIpc) is 3.85. The zero-order valence-electron chi connectivity index (χ0n) is 37.1. The van der Waals surface area contributed by atoms with Crippen LogP contribution >= 0.6 is 8.53 Å². The Morgan fingerprint density at radius 3 is 1.98 bits per heavy atom. The predicted molar refractivity (Wildman–Crippen MR) is 236 cm³/mol. The summed E-state index contributed by atoms with van der Waals surface area (Å²) in [6.45, 7) is 12.3. The van der Waals surface area contributed by atoms with E-state index in [4.69, 9.17) is 37.5 Å². The molecule has 16 nitrogen and oxygen atoms in total. The topological polar surface area (TPSA) is 170 Å². The minimum atomic E-state index is -1.69. The standard InChI is InChI=1S/C45H59N6O10P/c1-28(2)41(52)48-44-47-40-37(42(53)49-44)46-27-50(40)43-39(58-25-24-54-7)38(61-62(57-10)51(29(3)4)30(5)6)36(60-43)26-59-45(31-14-12-11-13-15-31,32-16-20-34(55-8)21-17-32)33-18-22-35(56-9)23-19-33/h11-23,27-30,36,38-39,43H,24-26H2,1-10H3,(H2,47,48,49,52,53)/t36-,38-,39-,43-,62?/m1/s1. The number of rotatable bonds is 21. The first kappa shape index (κ1) is 46.7. The second-order valence-electron chi connectivity index (χ2n) is 15.6. The molecule has 0 spiro atoms. The number of hydrogen-bond donors (Lipinski definition) is 2. The van der Waals surface area contributed by atoms with Gasteiger partial charge in [0, 0.05) is 32.2 Å². The number of anilines is 1. The number of methoxy groups -OCH3 is 3. The molecule has 0 radical (unpaired) electrons. The summed E-state index contributed by atoms with van der Waals surface area (Å²) in [6.07, 6.45) is -1.93. The van der Waals surface area contributed by atoms with Crippen LogP contribution in [-0.2, 0) is 38.4 Å². The summed E-state index contributed by atoms with van der Waals surface area (Å²) in [5.41, 5.74) is 1.03. The van der Waals surface area contributed by atoms with E-state index in [1.54, 1.807) is 46.9 Å². The van der Waals surface area contributed by atoms with Crippen molar-refractivity contribution in [3.8, 4) is 11.5 Å². The Labute approximate surface area is 364 Å². The largest absolute Gasteiger partial charge is 0.497 e. The molecule has 6 rings (SSSR count). The van der Waals surface area contributed by atoms with Crippen LogP contribution in [0.3, 0.4) is 0 Å². The molecular weight excluding hydrogens is 816 g/mol. The van der Waals surface area contributed by atoms with Crippen molar-refractivity contribution in [3.05, 3.63) is 112 Å². The van der Waals surface area contributed by atoms with Crippen molar-refractivity contribution in [2.24, 2.45) is 5.92 Å². The van der Waals surface area contributed by atoms with E-state index >= 15 is 0 Å². The van der Waals surface area contributed by atoms with Crippen LogP contribution in [0.25, 0.3) is 11.2 Å². The molecule has 1 saturated heterocycles. The molecule has 3 heterocycles. The molecule has 17 heteroatoms. The quantitative estimate of drug-likeness (QED) is 0.0438. The summed E-state index contributed by atoms with van der Waals surface area (Å²) in [5, 5.41) is 2.70. The molecule has 1 aliphatic heterocycles. The molecule has 334 valence electrons. The number of aromatic nitrogens is 4. The van der Waals surface area contributed by atoms with Crippen molar-refractivity contribution in [2.75, 3.05) is 53.6 Å². The number of fused-ring (bicyclic) bond motifs is 1. The third kappa shape index (κ3) is 10.0. The number of nitrogens with one attached hydrogen (secondary N) is 2. The van der Waals surface area contributed by atoms with Gasteiger partial charge in [0.15, 0.2) is 17.4 Å². The smallest absolute Gasteiger partial charge is 0.280 e. The maximum absolute atomic E-state index is 13.4. The first-order valence-corrected chi connectivity index (χ1v) is 21.8. The normalized spacial score (nSPS) is 18.6. The molecule has 1 aliphatic rings. The van der Waals surface area contributed by atoms with Gasteiger partial charge in [0.2, 0.25) is 11.9 Å². The highest BCUT2D eigenvalue weighted by atomic mass is 31.2. The molecule has 0 saturated carbocycles. The van der Waals surface area contributed by atoms with Crippen molar-refractivity contribution < 1.29 is 42.3 Å². The molecule has 1 unspecified atom stereocenters. The van der Waals surface area contributed by atoms with Crippen LogP contribution in [0, 0.1) is 5.92 Å². The number of ether oxygens (including phenoxy) is 6. The lowest BCUT2D eigenvalue weighted by Gasteiger charge is -2.39. The van der Waals surface area contributed by atoms with Crippen molar-refractivity contribution in [3.63, 3.8) is 0 Å². The van der Waals surface area contributed by atoms with Crippen LogP contribution < -0.4 is 20.3 Å². The number of hydrogen-bond acceptors (Lipinski definition) is 13. The summed E-state index contributed by atoms with van der Waals surface area (Å²) in [5.74, 6) is 0.686. The maximum Gasteiger partial charge on any atom is 0.280 e. The number of nitrogens with zero attached hydrogens (tertiary/aromatic N) is 4. The lowest BCUT2D eigenvalue weighted by atomic mass is 9.80. The van der Waals surface area contributed by atoms with Gasteiger partial charge in [0.25, 0.3) is 14.1 Å². The Hall–Kier alpha value is -4.77. The fourth-order valence-electron chi connectivity index (χ4n) is 7.62. The Morgan fingerprint density at radius 1 is 0.855 bits per heavy atom. The third-order valence-corrected chi connectivity index (χ3v) is 12.6. The number of H-pyrrole nitrogens is 1. The van der Waals surface area contributed by atoms with Crippen LogP contribution in [-0.4, -0.2) is 109 Å². The van der Waals surface area contributed by atoms with Gasteiger partial charge in [-0.05, 0) is 68.7 Å². The summed E-state index contributed by atoms with van der Waals surface area (Å²) in [7, 11) is 4.80. The fourth-order valence-corrected chi connectivity index (χ4v) is 9.22. The number of amides is 1. The minimum Gasteiger partial charge on any atom is -0.497 e. The Bertz CT molecular complexity index is 2200. The SMILES string of the molecule is COCCO[C@@H]1[C@H](OP(OC)N(C(C)C)C(C)C)[C@@H](COC(c2ccccc2)(c2ccc(OC)cc2)c2ccc(OC)cc2)O[C@H]1n1cnc2c(=O)[nH]c(NC(=O)C(C)C)nc21. The lowest BCUT2D eigenvalue weighted by molar-refractivity contribution is -0.118. The molecule has 1 amide bonds. The van der Waals surface area contributed by atoms with Gasteiger partial charge in [-0.15, -0.1) is 0 Å². The summed E-state index contributed by atoms with van der Waals surface area (Å²) in [4.78, 5) is 37.9. The first-order valence-electron chi connectivity index (χ1n) is 20.7. The maximum atomic E-state index is 13.4. The lowest BCUT2D eigenvalue weighted by Crippen LogP contribution is -2.43. The van der Waals surface area contributed by atoms with Crippen LogP contribution in [0.4, 0.5) is 5.95 Å². The monoisotopic (exact) mass is 874 g/mol. The minimum absolute atomic E-state index is 0.0230. The van der Waals surface area contributed by atoms with E-state index in [9.17, 15) is 9.59 Å². The van der Waals surface area contributed by atoms with Crippen molar-refractivity contribution >= 4 is 31.5 Å². The van der Waals surface area contributed by atoms with Gasteiger partial charge in [-0.1, -0.05) is 68.4 Å². The van der Waals surface area contributed by atoms with Crippen LogP contribution in [0.5, 0.6) is 11.5 Å². The number of imidazole rings is 1. The van der Waals surface area contributed by atoms with Gasteiger partial charge in [-0.25, -0.2) is 9.65 Å². The van der Waals surface area contributed by atoms with Gasteiger partial charge in [0.1, 0.15) is 35.4 Å². The Balaban J connectivity index is 1.51. The van der Waals surface area contributed by atoms with Crippen molar-refractivity contribution in [1.29, 1.82) is 0 Å². The fraction of sp³-hybridized carbons (Fsp3) is 0.467. The Kier molecular flexibility index (Phi) is 15.9. The van der Waals surface area contributed by atoms with Crippen molar-refractivity contribution in [2.45, 2.75) is 83.8 Å². The van der Waals surface area contributed by atoms with E-state index in [2.05, 4.69) is 52.6 Å².